The van der Waals surface area contributed by atoms with E-state index in [0.29, 0.717) is 11.5 Å². The van der Waals surface area contributed by atoms with Crippen LogP contribution >= 0.6 is 15.9 Å². The highest BCUT2D eigenvalue weighted by Gasteiger charge is 2.16. The fourth-order valence-corrected chi connectivity index (χ4v) is 2.17. The SMILES string of the molecule is C[C@H](Oc1ccc(Br)cc1)C(=O)NC[C@H](O)COc1ccccc1. The van der Waals surface area contributed by atoms with E-state index in [-0.39, 0.29) is 19.1 Å². The predicted octanol–water partition coefficient (Wildman–Crippen LogP) is 2.77. The third-order valence-corrected chi connectivity index (χ3v) is 3.72. The molecule has 0 saturated carbocycles. The summed E-state index contributed by atoms with van der Waals surface area (Å²) in [6.45, 7) is 1.86. The Kier molecular flexibility index (Phi) is 7.08. The molecule has 0 spiro atoms. The lowest BCUT2D eigenvalue weighted by Crippen LogP contribution is -2.41. The van der Waals surface area contributed by atoms with Gasteiger partial charge in [-0.25, -0.2) is 0 Å². The number of halogens is 1. The fourth-order valence-electron chi connectivity index (χ4n) is 1.90. The molecule has 2 aromatic carbocycles. The lowest BCUT2D eigenvalue weighted by Gasteiger charge is -2.17. The van der Waals surface area contributed by atoms with Gasteiger partial charge in [-0.2, -0.15) is 0 Å². The van der Waals surface area contributed by atoms with Crippen LogP contribution in [0.25, 0.3) is 0 Å². The second-order valence-electron chi connectivity index (χ2n) is 5.24. The van der Waals surface area contributed by atoms with Gasteiger partial charge >= 0.3 is 0 Å². The van der Waals surface area contributed by atoms with Crippen LogP contribution in [0.3, 0.4) is 0 Å². The van der Waals surface area contributed by atoms with E-state index >= 15 is 0 Å². The molecule has 2 N–H and O–H groups in total. The lowest BCUT2D eigenvalue weighted by atomic mass is 10.3. The summed E-state index contributed by atoms with van der Waals surface area (Å²) in [6.07, 6.45) is -1.46. The number of rotatable bonds is 8. The number of hydrogen-bond donors (Lipinski definition) is 2. The minimum Gasteiger partial charge on any atom is -0.491 e. The topological polar surface area (TPSA) is 67.8 Å². The summed E-state index contributed by atoms with van der Waals surface area (Å²) in [5, 5.41) is 12.5. The Hall–Kier alpha value is -2.05. The van der Waals surface area contributed by atoms with Gasteiger partial charge in [0.15, 0.2) is 6.10 Å². The van der Waals surface area contributed by atoms with E-state index in [2.05, 4.69) is 21.2 Å². The molecule has 0 saturated heterocycles. The van der Waals surface area contributed by atoms with E-state index in [1.165, 1.54) is 0 Å². The van der Waals surface area contributed by atoms with Gasteiger partial charge in [-0.05, 0) is 43.3 Å². The molecule has 24 heavy (non-hydrogen) atoms. The van der Waals surface area contributed by atoms with E-state index in [9.17, 15) is 9.90 Å². The second-order valence-corrected chi connectivity index (χ2v) is 6.15. The zero-order valence-corrected chi connectivity index (χ0v) is 14.9. The maximum absolute atomic E-state index is 12.0. The number of benzene rings is 2. The third-order valence-electron chi connectivity index (χ3n) is 3.19. The lowest BCUT2D eigenvalue weighted by molar-refractivity contribution is -0.127. The molecule has 2 atom stereocenters. The minimum absolute atomic E-state index is 0.0969. The molecular formula is C18H20BrNO4. The first-order valence-corrected chi connectivity index (χ1v) is 8.40. The maximum Gasteiger partial charge on any atom is 0.260 e. The first-order valence-electron chi connectivity index (χ1n) is 7.60. The number of hydrogen-bond acceptors (Lipinski definition) is 4. The molecule has 0 aliphatic heterocycles. The van der Waals surface area contributed by atoms with Gasteiger partial charge in [0.2, 0.25) is 0 Å². The Labute approximate surface area is 149 Å². The molecule has 1 amide bonds. The Morgan fingerprint density at radius 2 is 1.79 bits per heavy atom. The first-order chi connectivity index (χ1) is 11.5. The summed E-state index contributed by atoms with van der Waals surface area (Å²) in [5.74, 6) is 0.986. The Morgan fingerprint density at radius 1 is 1.12 bits per heavy atom. The summed E-state index contributed by atoms with van der Waals surface area (Å²) >= 11 is 3.34. The molecule has 0 aliphatic carbocycles. The molecule has 5 nitrogen and oxygen atoms in total. The fraction of sp³-hybridized carbons (Fsp3) is 0.278. The van der Waals surface area contributed by atoms with Crippen LogP contribution in [0.1, 0.15) is 6.92 Å². The van der Waals surface area contributed by atoms with Gasteiger partial charge in [-0.1, -0.05) is 34.1 Å². The number of aliphatic hydroxyl groups is 1. The minimum atomic E-state index is -0.797. The molecule has 0 bridgehead atoms. The molecule has 0 fully saturated rings. The maximum atomic E-state index is 12.0. The molecule has 6 heteroatoms. The van der Waals surface area contributed by atoms with Crippen molar-refractivity contribution in [1.29, 1.82) is 0 Å². The highest BCUT2D eigenvalue weighted by molar-refractivity contribution is 9.10. The van der Waals surface area contributed by atoms with Gasteiger partial charge in [0.25, 0.3) is 5.91 Å². The number of carbonyl (C=O) groups is 1. The molecule has 0 aliphatic rings. The Balaban J connectivity index is 1.70. The number of nitrogens with one attached hydrogen (secondary N) is 1. The van der Waals surface area contributed by atoms with Gasteiger partial charge in [0.05, 0.1) is 0 Å². The van der Waals surface area contributed by atoms with Crippen molar-refractivity contribution in [3.8, 4) is 11.5 Å². The van der Waals surface area contributed by atoms with Crippen LogP contribution in [0, 0.1) is 0 Å². The van der Waals surface area contributed by atoms with Crippen molar-refractivity contribution in [3.63, 3.8) is 0 Å². The summed E-state index contributed by atoms with van der Waals surface area (Å²) in [7, 11) is 0. The molecule has 0 heterocycles. The van der Waals surface area contributed by atoms with E-state index in [4.69, 9.17) is 9.47 Å². The van der Waals surface area contributed by atoms with Crippen LogP contribution in [0.5, 0.6) is 11.5 Å². The summed E-state index contributed by atoms with van der Waals surface area (Å²) in [4.78, 5) is 12.0. The highest BCUT2D eigenvalue weighted by Crippen LogP contribution is 2.17. The summed E-state index contributed by atoms with van der Waals surface area (Å²) in [5.41, 5.74) is 0. The van der Waals surface area contributed by atoms with E-state index < -0.39 is 12.2 Å². The highest BCUT2D eigenvalue weighted by atomic mass is 79.9. The van der Waals surface area contributed by atoms with Crippen molar-refractivity contribution in [2.45, 2.75) is 19.1 Å². The summed E-state index contributed by atoms with van der Waals surface area (Å²) < 4.78 is 11.9. The molecule has 2 aromatic rings. The van der Waals surface area contributed by atoms with Gasteiger partial charge in [0, 0.05) is 11.0 Å². The normalized spacial score (nSPS) is 13.0. The zero-order chi connectivity index (χ0) is 17.4. The smallest absolute Gasteiger partial charge is 0.260 e. The van der Waals surface area contributed by atoms with Crippen LogP contribution in [-0.2, 0) is 4.79 Å². The van der Waals surface area contributed by atoms with Crippen molar-refractivity contribution < 1.29 is 19.4 Å². The standard InChI is InChI=1S/C18H20BrNO4/c1-13(24-17-9-7-14(19)8-10-17)18(22)20-11-15(21)12-23-16-5-3-2-4-6-16/h2-10,13,15,21H,11-12H2,1H3,(H,20,22)/t13-,15-/m0/s1. The molecule has 0 unspecified atom stereocenters. The number of amides is 1. The summed E-state index contributed by atoms with van der Waals surface area (Å²) in [6, 6.07) is 16.4. The van der Waals surface area contributed by atoms with Gasteiger partial charge in [-0.15, -0.1) is 0 Å². The quantitative estimate of drug-likeness (QED) is 0.723. The van der Waals surface area contributed by atoms with Crippen LogP contribution in [0.4, 0.5) is 0 Å². The van der Waals surface area contributed by atoms with Gasteiger partial charge < -0.3 is 19.9 Å². The zero-order valence-electron chi connectivity index (χ0n) is 13.3. The predicted molar refractivity (Wildman–Crippen MR) is 95.2 cm³/mol. The molecule has 2 rings (SSSR count). The van der Waals surface area contributed by atoms with Crippen LogP contribution in [0.2, 0.25) is 0 Å². The average molecular weight is 394 g/mol. The Morgan fingerprint density at radius 3 is 2.46 bits per heavy atom. The van der Waals surface area contributed by atoms with Crippen molar-refractivity contribution in [3.05, 3.63) is 59.1 Å². The van der Waals surface area contributed by atoms with E-state index in [0.717, 1.165) is 4.47 Å². The number of aliphatic hydroxyl groups excluding tert-OH is 1. The second kappa shape index (κ2) is 9.30. The molecule has 0 aromatic heterocycles. The molecular weight excluding hydrogens is 374 g/mol. The first kappa shape index (κ1) is 18.3. The Bertz CT molecular complexity index is 633. The number of carbonyl (C=O) groups excluding carboxylic acids is 1. The molecule has 128 valence electrons. The van der Waals surface area contributed by atoms with Gasteiger partial charge in [-0.3, -0.25) is 4.79 Å². The van der Waals surface area contributed by atoms with Crippen LogP contribution in [-0.4, -0.2) is 36.4 Å². The monoisotopic (exact) mass is 393 g/mol. The third kappa shape index (κ3) is 6.22. The van der Waals surface area contributed by atoms with Crippen molar-refractivity contribution >= 4 is 21.8 Å². The van der Waals surface area contributed by atoms with E-state index in [1.807, 2.05) is 30.3 Å². The van der Waals surface area contributed by atoms with Crippen LogP contribution in [0.15, 0.2) is 59.1 Å². The number of para-hydroxylation sites is 1. The molecule has 0 radical (unpaired) electrons. The van der Waals surface area contributed by atoms with Crippen molar-refractivity contribution in [1.82, 2.24) is 5.32 Å². The van der Waals surface area contributed by atoms with Crippen molar-refractivity contribution in [2.75, 3.05) is 13.2 Å². The number of ether oxygens (including phenoxy) is 2. The average Bonchev–Trinajstić information content (AvgIpc) is 2.60. The van der Waals surface area contributed by atoms with Crippen molar-refractivity contribution in [2.24, 2.45) is 0 Å². The van der Waals surface area contributed by atoms with Gasteiger partial charge in [0.1, 0.15) is 24.2 Å². The van der Waals surface area contributed by atoms with E-state index in [1.54, 1.807) is 31.2 Å². The van der Waals surface area contributed by atoms with Crippen LogP contribution < -0.4 is 14.8 Å². The largest absolute Gasteiger partial charge is 0.491 e.